The van der Waals surface area contributed by atoms with E-state index >= 15 is 0 Å². The van der Waals surface area contributed by atoms with Crippen LogP contribution in [0.3, 0.4) is 0 Å². The Labute approximate surface area is 269 Å². The van der Waals surface area contributed by atoms with E-state index in [2.05, 4.69) is 15.4 Å². The van der Waals surface area contributed by atoms with Crippen molar-refractivity contribution < 1.29 is 28.6 Å². The maximum Gasteiger partial charge on any atom is 0.420 e. The van der Waals surface area contributed by atoms with Crippen LogP contribution in [-0.4, -0.2) is 74.2 Å². The number of amides is 2. The number of piperidine rings is 1. The van der Waals surface area contributed by atoms with E-state index in [0.717, 1.165) is 43.7 Å². The molecule has 1 saturated carbocycles. The fourth-order valence-corrected chi connectivity index (χ4v) is 5.11. The molecule has 5 rings (SSSR count). The molecule has 1 aromatic carbocycles. The highest BCUT2D eigenvalue weighted by molar-refractivity contribution is 5.96. The number of nitrogens with zero attached hydrogens (tertiary/aromatic N) is 6. The van der Waals surface area contributed by atoms with Gasteiger partial charge in [0.1, 0.15) is 28.7 Å². The van der Waals surface area contributed by atoms with Gasteiger partial charge in [-0.2, -0.15) is 14.9 Å². The van der Waals surface area contributed by atoms with Crippen LogP contribution in [0.15, 0.2) is 30.5 Å². The molecular weight excluding hydrogens is 593 g/mol. The number of rotatable bonds is 4. The Morgan fingerprint density at radius 2 is 1.76 bits per heavy atom. The molecule has 0 radical (unpaired) electrons. The van der Waals surface area contributed by atoms with Crippen molar-refractivity contribution in [2.45, 2.75) is 96.9 Å². The Kier molecular flexibility index (Phi) is 10.4. The number of benzene rings is 1. The number of halogens is 1. The van der Waals surface area contributed by atoms with Gasteiger partial charge in [0.05, 0.1) is 29.6 Å². The number of likely N-dealkylation sites (tertiary alicyclic amines) is 1. The van der Waals surface area contributed by atoms with Crippen molar-refractivity contribution >= 4 is 35.2 Å². The van der Waals surface area contributed by atoms with E-state index in [-0.39, 0.29) is 17.3 Å². The summed E-state index contributed by atoms with van der Waals surface area (Å²) in [5, 5.41) is 26.2. The van der Waals surface area contributed by atoms with Crippen LogP contribution in [0.2, 0.25) is 0 Å². The molecule has 1 unspecified atom stereocenters. The van der Waals surface area contributed by atoms with E-state index in [9.17, 15) is 24.3 Å². The van der Waals surface area contributed by atoms with Crippen LogP contribution >= 0.6 is 0 Å². The highest BCUT2D eigenvalue weighted by Crippen LogP contribution is 2.39. The molecule has 1 atom stereocenters. The van der Waals surface area contributed by atoms with Crippen molar-refractivity contribution in [3.05, 3.63) is 47.4 Å². The van der Waals surface area contributed by atoms with Gasteiger partial charge in [0.2, 0.25) is 0 Å². The van der Waals surface area contributed by atoms with Crippen molar-refractivity contribution in [3.63, 3.8) is 0 Å². The minimum atomic E-state index is -0.792. The van der Waals surface area contributed by atoms with Crippen LogP contribution in [0, 0.1) is 17.1 Å². The van der Waals surface area contributed by atoms with Gasteiger partial charge in [0.25, 0.3) is 0 Å². The molecule has 1 saturated heterocycles. The van der Waals surface area contributed by atoms with Crippen LogP contribution < -0.4 is 10.2 Å². The lowest BCUT2D eigenvalue weighted by atomic mass is 9.81. The average Bonchev–Trinajstić information content (AvgIpc) is 3.33. The first-order valence-electron chi connectivity index (χ1n) is 15.5. The molecule has 2 aliphatic rings. The quantitative estimate of drug-likeness (QED) is 0.327. The lowest BCUT2D eigenvalue weighted by Gasteiger charge is -2.32. The lowest BCUT2D eigenvalue weighted by Crippen LogP contribution is -2.44. The molecule has 2 N–H and O–H groups in total. The van der Waals surface area contributed by atoms with Gasteiger partial charge in [-0.15, -0.1) is 0 Å². The van der Waals surface area contributed by atoms with Crippen LogP contribution in [0.25, 0.3) is 5.65 Å². The van der Waals surface area contributed by atoms with Gasteiger partial charge in [-0.3, -0.25) is 0 Å². The predicted octanol–water partition coefficient (Wildman–Crippen LogP) is 6.50. The number of ether oxygens (including phenoxy) is 2. The number of hydrogen-bond acceptors (Lipinski definition) is 9. The summed E-state index contributed by atoms with van der Waals surface area (Å²) < 4.78 is 26.7. The highest BCUT2D eigenvalue weighted by Gasteiger charge is 2.31. The smallest absolute Gasteiger partial charge is 0.420 e. The maximum atomic E-state index is 14.3. The Balaban J connectivity index is 0.000000288. The second-order valence-electron chi connectivity index (χ2n) is 13.6. The molecule has 1 aliphatic carbocycles. The van der Waals surface area contributed by atoms with Crippen LogP contribution in [0.1, 0.15) is 90.7 Å². The highest BCUT2D eigenvalue weighted by atomic mass is 19.1. The van der Waals surface area contributed by atoms with Gasteiger partial charge in [-0.05, 0) is 91.3 Å². The van der Waals surface area contributed by atoms with Crippen molar-refractivity contribution in [1.82, 2.24) is 19.5 Å². The molecule has 12 nitrogen and oxygen atoms in total. The Morgan fingerprint density at radius 3 is 2.33 bits per heavy atom. The molecule has 1 aliphatic heterocycles. The summed E-state index contributed by atoms with van der Waals surface area (Å²) in [5.74, 6) is 0.587. The molecule has 2 amide bonds. The van der Waals surface area contributed by atoms with Gasteiger partial charge in [0.15, 0.2) is 5.65 Å². The molecule has 3 heterocycles. The molecule has 248 valence electrons. The average molecular weight is 638 g/mol. The van der Waals surface area contributed by atoms with Gasteiger partial charge >= 0.3 is 12.2 Å². The number of hydrogen-bond donors (Lipinski definition) is 2. The number of aromatic nitrogens is 3. The number of nitriles is 1. The van der Waals surface area contributed by atoms with Crippen LogP contribution in [0.4, 0.5) is 31.3 Å². The summed E-state index contributed by atoms with van der Waals surface area (Å²) in [5.41, 5.74) is 0.631. The fraction of sp³-hybridized carbons (Fsp3) is 0.545. The van der Waals surface area contributed by atoms with E-state index in [1.54, 1.807) is 49.5 Å². The monoisotopic (exact) mass is 637 g/mol. The summed E-state index contributed by atoms with van der Waals surface area (Å²) in [7, 11) is 1.73. The zero-order valence-corrected chi connectivity index (χ0v) is 27.6. The lowest BCUT2D eigenvalue weighted by molar-refractivity contribution is 0.00390. The molecule has 3 aromatic rings. The number of fused-ring (bicyclic) bond motifs is 1. The minimum absolute atomic E-state index is 0.0864. The van der Waals surface area contributed by atoms with Gasteiger partial charge in [0, 0.05) is 31.8 Å². The number of anilines is 3. The topological polar surface area (TPSA) is 145 Å². The van der Waals surface area contributed by atoms with E-state index in [1.165, 1.54) is 17.0 Å². The minimum Gasteiger partial charge on any atom is -0.444 e. The number of β-amino-alcohol motifs (C(OH)–C–C–N with tert-alkyl or cyclic N) is 1. The Bertz CT molecular complexity index is 1600. The summed E-state index contributed by atoms with van der Waals surface area (Å²) in [6, 6.07) is 7.31. The summed E-state index contributed by atoms with van der Waals surface area (Å²) in [4.78, 5) is 32.3. The van der Waals surface area contributed by atoms with Gasteiger partial charge in [-0.1, -0.05) is 6.42 Å². The standard InChI is InChI=1S/C23H25FN6O2.C10H19NO3/c1-23(2,3)32-22(31)29(17-9-14(12-25)8-16(24)10-17)20-11-19(26-4)28-21-18(13-27-30(20)21)15-6-5-7-15;1-10(2,3)14-9(13)11-6-4-5-8(12)7-11/h8-11,13,15H,5-7H2,1-4H3,(H,26,28);8,12H,4-7H2,1-3H3. The van der Waals surface area contributed by atoms with Crippen LogP contribution in [-0.2, 0) is 9.47 Å². The summed E-state index contributed by atoms with van der Waals surface area (Å²) >= 11 is 0. The molecule has 2 aromatic heterocycles. The van der Waals surface area contributed by atoms with Gasteiger partial charge < -0.3 is 24.8 Å². The van der Waals surface area contributed by atoms with Crippen molar-refractivity contribution in [2.24, 2.45) is 0 Å². The van der Waals surface area contributed by atoms with Crippen LogP contribution in [0.5, 0.6) is 0 Å². The Hall–Kier alpha value is -4.44. The van der Waals surface area contributed by atoms with E-state index in [1.807, 2.05) is 26.8 Å². The molecular formula is C33H44FN7O5. The number of aliphatic hydroxyl groups excluding tert-OH is 1. The first-order valence-corrected chi connectivity index (χ1v) is 15.5. The molecule has 0 bridgehead atoms. The number of carbonyl (C=O) groups is 2. The number of nitrogens with one attached hydrogen (secondary N) is 1. The molecule has 46 heavy (non-hydrogen) atoms. The second kappa shape index (κ2) is 13.9. The zero-order valence-electron chi connectivity index (χ0n) is 27.6. The summed E-state index contributed by atoms with van der Waals surface area (Å²) in [6.45, 7) is 11.8. The number of carbonyl (C=O) groups excluding carboxylic acids is 2. The third-order valence-corrected chi connectivity index (χ3v) is 7.40. The number of aliphatic hydroxyl groups is 1. The molecule has 0 spiro atoms. The third kappa shape index (κ3) is 8.63. The fourth-order valence-electron chi connectivity index (χ4n) is 5.11. The van der Waals surface area contributed by atoms with E-state index in [0.29, 0.717) is 36.3 Å². The predicted molar refractivity (Wildman–Crippen MR) is 172 cm³/mol. The Morgan fingerprint density at radius 1 is 1.07 bits per heavy atom. The largest absolute Gasteiger partial charge is 0.444 e. The normalized spacial score (nSPS) is 16.9. The van der Waals surface area contributed by atoms with Gasteiger partial charge in [-0.25, -0.2) is 23.9 Å². The maximum absolute atomic E-state index is 14.3. The second-order valence-corrected chi connectivity index (χ2v) is 13.6. The first kappa shape index (κ1) is 34.4. The zero-order chi connectivity index (χ0) is 33.8. The third-order valence-electron chi connectivity index (χ3n) is 7.40. The molecule has 2 fully saturated rings. The van der Waals surface area contributed by atoms with Crippen molar-refractivity contribution in [1.29, 1.82) is 5.26 Å². The first-order chi connectivity index (χ1) is 21.6. The SMILES string of the molecule is CC(C)(C)OC(=O)N1CCCC(O)C1.CNc1cc(N(C(=O)OC(C)(C)C)c2cc(F)cc(C#N)c2)n2ncc(C3CCC3)c2n1. The van der Waals surface area contributed by atoms with E-state index in [4.69, 9.17) is 9.47 Å². The summed E-state index contributed by atoms with van der Waals surface area (Å²) in [6.07, 6.45) is 5.25. The molecule has 13 heteroatoms. The van der Waals surface area contributed by atoms with Crippen molar-refractivity contribution in [3.8, 4) is 6.07 Å². The van der Waals surface area contributed by atoms with E-state index < -0.39 is 29.2 Å². The van der Waals surface area contributed by atoms with Crippen molar-refractivity contribution in [2.75, 3.05) is 30.4 Å².